The van der Waals surface area contributed by atoms with Crippen LogP contribution >= 0.6 is 11.3 Å². The lowest BCUT2D eigenvalue weighted by atomic mass is 10.1. The van der Waals surface area contributed by atoms with Crippen molar-refractivity contribution in [2.75, 3.05) is 17.2 Å². The van der Waals surface area contributed by atoms with Crippen LogP contribution in [0.3, 0.4) is 0 Å². The second-order valence-electron chi connectivity index (χ2n) is 7.99. The van der Waals surface area contributed by atoms with Crippen LogP contribution in [0.2, 0.25) is 0 Å². The highest BCUT2D eigenvalue weighted by atomic mass is 32.1. The third-order valence-corrected chi connectivity index (χ3v) is 7.05. The number of amides is 2. The molecule has 2 N–H and O–H groups in total. The van der Waals surface area contributed by atoms with E-state index in [9.17, 15) is 14.4 Å². The Morgan fingerprint density at radius 1 is 0.886 bits per heavy atom. The summed E-state index contributed by atoms with van der Waals surface area (Å²) in [6.07, 6.45) is 0. The maximum absolute atomic E-state index is 13.5. The first kappa shape index (κ1) is 24.2. The molecule has 4 rings (SSSR count). The summed E-state index contributed by atoms with van der Waals surface area (Å²) < 4.78 is 7.20. The van der Waals surface area contributed by atoms with E-state index in [0.717, 1.165) is 27.8 Å². The number of carbonyl (C=O) groups is 3. The summed E-state index contributed by atoms with van der Waals surface area (Å²) >= 11 is 1.06. The molecule has 2 aromatic carbocycles. The summed E-state index contributed by atoms with van der Waals surface area (Å²) in [5, 5.41) is 7.03. The van der Waals surface area contributed by atoms with Crippen LogP contribution in [0.15, 0.2) is 54.6 Å². The van der Waals surface area contributed by atoms with E-state index in [4.69, 9.17) is 4.74 Å². The molecule has 4 aromatic rings. The predicted molar refractivity (Wildman–Crippen MR) is 140 cm³/mol. The topological polar surface area (TPSA) is 89.4 Å². The second-order valence-corrected chi connectivity index (χ2v) is 9.01. The lowest BCUT2D eigenvalue weighted by molar-refractivity contribution is 0.0527. The van der Waals surface area contributed by atoms with E-state index in [2.05, 4.69) is 10.6 Å². The first-order valence-corrected chi connectivity index (χ1v) is 12.2. The molecule has 0 aliphatic carbocycles. The van der Waals surface area contributed by atoms with Gasteiger partial charge in [-0.1, -0.05) is 36.4 Å². The molecule has 0 radical (unpaired) electrons. The van der Waals surface area contributed by atoms with E-state index < -0.39 is 5.97 Å². The molecule has 0 unspecified atom stereocenters. The normalized spacial score (nSPS) is 10.9. The molecule has 0 saturated heterocycles. The number of hydrogen-bond donors (Lipinski definition) is 2. The number of benzene rings is 2. The number of thiophene rings is 1. The molecule has 2 heterocycles. The minimum Gasteiger partial charge on any atom is -0.462 e. The number of para-hydroxylation sites is 2. The van der Waals surface area contributed by atoms with Gasteiger partial charge in [0.15, 0.2) is 0 Å². The SMILES string of the molecule is CCOC(=O)c1c(NC(=O)c2c(C)c3ccccc3n2CC)sc(C(=O)Nc2ccccc2)c1C. The van der Waals surface area contributed by atoms with Gasteiger partial charge in [0, 0.05) is 23.1 Å². The summed E-state index contributed by atoms with van der Waals surface area (Å²) in [4.78, 5) is 39.7. The summed E-state index contributed by atoms with van der Waals surface area (Å²) in [6.45, 7) is 8.07. The lowest BCUT2D eigenvalue weighted by Crippen LogP contribution is -2.19. The Morgan fingerprint density at radius 2 is 1.57 bits per heavy atom. The third-order valence-electron chi connectivity index (χ3n) is 5.85. The molecule has 0 aliphatic heterocycles. The minimum absolute atomic E-state index is 0.177. The molecule has 8 heteroatoms. The van der Waals surface area contributed by atoms with Gasteiger partial charge in [-0.25, -0.2) is 4.79 Å². The molecule has 0 fully saturated rings. The molecule has 0 bridgehead atoms. The smallest absolute Gasteiger partial charge is 0.341 e. The fourth-order valence-electron chi connectivity index (χ4n) is 4.24. The molecule has 0 saturated carbocycles. The van der Waals surface area contributed by atoms with Crippen LogP contribution in [-0.2, 0) is 11.3 Å². The van der Waals surface area contributed by atoms with Crippen LogP contribution in [0.5, 0.6) is 0 Å². The van der Waals surface area contributed by atoms with Crippen molar-refractivity contribution in [2.24, 2.45) is 0 Å². The van der Waals surface area contributed by atoms with Crippen LogP contribution in [0, 0.1) is 13.8 Å². The molecule has 0 spiro atoms. The zero-order chi connectivity index (χ0) is 25.1. The average Bonchev–Trinajstić information content (AvgIpc) is 3.33. The number of aryl methyl sites for hydroxylation is 2. The molecular formula is C27H27N3O4S. The van der Waals surface area contributed by atoms with E-state index >= 15 is 0 Å². The Hall–Kier alpha value is -3.91. The lowest BCUT2D eigenvalue weighted by Gasteiger charge is -2.10. The van der Waals surface area contributed by atoms with Gasteiger partial charge in [0.1, 0.15) is 10.7 Å². The highest BCUT2D eigenvalue weighted by Crippen LogP contribution is 2.35. The van der Waals surface area contributed by atoms with Crippen molar-refractivity contribution in [2.45, 2.75) is 34.2 Å². The van der Waals surface area contributed by atoms with Gasteiger partial charge >= 0.3 is 5.97 Å². The molecule has 180 valence electrons. The van der Waals surface area contributed by atoms with Crippen molar-refractivity contribution in [1.29, 1.82) is 0 Å². The molecule has 2 aromatic heterocycles. The van der Waals surface area contributed by atoms with Gasteiger partial charge in [-0.2, -0.15) is 0 Å². The van der Waals surface area contributed by atoms with E-state index in [1.54, 1.807) is 26.0 Å². The average molecular weight is 490 g/mol. The number of esters is 1. The first-order valence-electron chi connectivity index (χ1n) is 11.4. The predicted octanol–water partition coefficient (Wildman–Crippen LogP) is 6.02. The van der Waals surface area contributed by atoms with Crippen molar-refractivity contribution < 1.29 is 19.1 Å². The largest absolute Gasteiger partial charge is 0.462 e. The second kappa shape index (κ2) is 10.1. The number of hydrogen-bond acceptors (Lipinski definition) is 5. The van der Waals surface area contributed by atoms with Crippen molar-refractivity contribution in [3.8, 4) is 0 Å². The standard InChI is InChI=1S/C27H27N3O4S/c1-5-30-20-15-11-10-14-19(20)16(3)22(30)24(31)29-26-21(27(33)34-6-2)17(4)23(35-26)25(32)28-18-12-8-7-9-13-18/h7-15H,5-6H2,1-4H3,(H,28,32)(H,29,31). The zero-order valence-electron chi connectivity index (χ0n) is 20.1. The number of anilines is 2. The quantitative estimate of drug-likeness (QED) is 0.311. The maximum atomic E-state index is 13.5. The van der Waals surface area contributed by atoms with Gasteiger partial charge in [0.25, 0.3) is 11.8 Å². The zero-order valence-corrected chi connectivity index (χ0v) is 20.9. The van der Waals surface area contributed by atoms with E-state index in [0.29, 0.717) is 28.4 Å². The highest BCUT2D eigenvalue weighted by molar-refractivity contribution is 7.19. The number of rotatable bonds is 7. The van der Waals surface area contributed by atoms with Gasteiger partial charge < -0.3 is 19.9 Å². The summed E-state index contributed by atoms with van der Waals surface area (Å²) in [6, 6.07) is 16.9. The Bertz CT molecular complexity index is 1420. The van der Waals surface area contributed by atoms with Crippen LogP contribution < -0.4 is 10.6 Å². The van der Waals surface area contributed by atoms with Gasteiger partial charge in [-0.05, 0) is 57.0 Å². The fourth-order valence-corrected chi connectivity index (χ4v) is 5.32. The van der Waals surface area contributed by atoms with Crippen LogP contribution in [0.25, 0.3) is 10.9 Å². The third kappa shape index (κ3) is 4.57. The van der Waals surface area contributed by atoms with E-state index in [-0.39, 0.29) is 29.0 Å². The molecular weight excluding hydrogens is 462 g/mol. The highest BCUT2D eigenvalue weighted by Gasteiger charge is 2.28. The number of nitrogens with one attached hydrogen (secondary N) is 2. The summed E-state index contributed by atoms with van der Waals surface area (Å²) in [5.74, 6) is -1.28. The minimum atomic E-state index is -0.580. The molecule has 0 atom stereocenters. The molecule has 7 nitrogen and oxygen atoms in total. The first-order chi connectivity index (χ1) is 16.9. The number of ether oxygens (including phenoxy) is 1. The van der Waals surface area contributed by atoms with Crippen molar-refractivity contribution in [1.82, 2.24) is 4.57 Å². The van der Waals surface area contributed by atoms with Crippen LogP contribution in [0.4, 0.5) is 10.7 Å². The fraction of sp³-hybridized carbons (Fsp3) is 0.222. The van der Waals surface area contributed by atoms with E-state index in [1.165, 1.54) is 0 Å². The number of nitrogens with zero attached hydrogens (tertiary/aromatic N) is 1. The van der Waals surface area contributed by atoms with Gasteiger partial charge in [0.2, 0.25) is 0 Å². The van der Waals surface area contributed by atoms with Crippen LogP contribution in [-0.4, -0.2) is 29.0 Å². The van der Waals surface area contributed by atoms with Crippen LogP contribution in [0.1, 0.15) is 55.5 Å². The van der Waals surface area contributed by atoms with Gasteiger partial charge in [0.05, 0.1) is 17.0 Å². The number of aromatic nitrogens is 1. The van der Waals surface area contributed by atoms with E-state index in [1.807, 2.05) is 60.9 Å². The Kier molecular flexibility index (Phi) is 7.02. The summed E-state index contributed by atoms with van der Waals surface area (Å²) in [5.41, 5.74) is 3.63. The van der Waals surface area contributed by atoms with Gasteiger partial charge in [-0.15, -0.1) is 11.3 Å². The maximum Gasteiger partial charge on any atom is 0.341 e. The molecule has 35 heavy (non-hydrogen) atoms. The Labute approximate surface area is 207 Å². The summed E-state index contributed by atoms with van der Waals surface area (Å²) in [7, 11) is 0. The Morgan fingerprint density at radius 3 is 2.26 bits per heavy atom. The van der Waals surface area contributed by atoms with Crippen molar-refractivity contribution in [3.63, 3.8) is 0 Å². The molecule has 0 aliphatic rings. The van der Waals surface area contributed by atoms with Crippen molar-refractivity contribution >= 4 is 50.7 Å². The molecule has 2 amide bonds. The Balaban J connectivity index is 1.74. The van der Waals surface area contributed by atoms with Crippen molar-refractivity contribution in [3.05, 3.63) is 81.9 Å². The number of fused-ring (bicyclic) bond motifs is 1. The monoisotopic (exact) mass is 489 g/mol. The van der Waals surface area contributed by atoms with Gasteiger partial charge in [-0.3, -0.25) is 9.59 Å². The number of carbonyl (C=O) groups excluding carboxylic acids is 3.